The van der Waals surface area contributed by atoms with Crippen molar-refractivity contribution in [1.82, 2.24) is 10.3 Å². The molecule has 2 aromatic carbocycles. The molecule has 1 aromatic heterocycles. The number of benzene rings is 2. The van der Waals surface area contributed by atoms with E-state index in [1.807, 2.05) is 0 Å². The minimum atomic E-state index is -2.98. The zero-order valence-corrected chi connectivity index (χ0v) is 15.7. The first kappa shape index (κ1) is 20.8. The number of pyridine rings is 1. The largest absolute Gasteiger partial charge is 0.452 e. The summed E-state index contributed by atoms with van der Waals surface area (Å²) in [4.78, 5) is 40.7. The Bertz CT molecular complexity index is 1100. The third-order valence-corrected chi connectivity index (χ3v) is 3.99. The van der Waals surface area contributed by atoms with Crippen LogP contribution in [0.25, 0.3) is 10.9 Å². The molecular weight excluding hydrogens is 398 g/mol. The van der Waals surface area contributed by atoms with Crippen molar-refractivity contribution >= 4 is 28.7 Å². The number of nitrogens with one attached hydrogen (secondary N) is 1. The van der Waals surface area contributed by atoms with Crippen molar-refractivity contribution in [3.63, 3.8) is 0 Å². The van der Waals surface area contributed by atoms with Crippen LogP contribution < -0.4 is 10.1 Å². The number of carbonyl (C=O) groups is 3. The van der Waals surface area contributed by atoms with Crippen molar-refractivity contribution in [2.75, 3.05) is 6.61 Å². The molecule has 30 heavy (non-hydrogen) atoms. The van der Waals surface area contributed by atoms with E-state index in [1.54, 1.807) is 37.3 Å². The van der Waals surface area contributed by atoms with Crippen LogP contribution in [-0.4, -0.2) is 36.0 Å². The van der Waals surface area contributed by atoms with Gasteiger partial charge in [-0.3, -0.25) is 19.9 Å². The highest BCUT2D eigenvalue weighted by Crippen LogP contribution is 2.19. The second-order valence-corrected chi connectivity index (χ2v) is 6.18. The van der Waals surface area contributed by atoms with Crippen LogP contribution in [0.15, 0.2) is 54.6 Å². The zero-order chi connectivity index (χ0) is 21.7. The number of amides is 2. The lowest BCUT2D eigenvalue weighted by Gasteiger charge is -2.09. The number of rotatable bonds is 6. The Morgan fingerprint density at radius 3 is 2.47 bits per heavy atom. The van der Waals surface area contributed by atoms with Crippen molar-refractivity contribution in [3.05, 3.63) is 71.4 Å². The van der Waals surface area contributed by atoms with Crippen LogP contribution in [0.3, 0.4) is 0 Å². The van der Waals surface area contributed by atoms with Gasteiger partial charge in [-0.2, -0.15) is 8.78 Å². The number of alkyl halides is 2. The van der Waals surface area contributed by atoms with Crippen molar-refractivity contribution < 1.29 is 32.6 Å². The lowest BCUT2D eigenvalue weighted by molar-refractivity contribution is -0.123. The first-order valence-electron chi connectivity index (χ1n) is 8.76. The monoisotopic (exact) mass is 414 g/mol. The van der Waals surface area contributed by atoms with E-state index in [2.05, 4.69) is 15.0 Å². The molecule has 0 radical (unpaired) electrons. The third kappa shape index (κ3) is 5.13. The number of esters is 1. The molecule has 0 fully saturated rings. The fraction of sp³-hybridized carbons (Fsp3) is 0.143. The normalized spacial score (nSPS) is 10.7. The number of fused-ring (bicyclic) bond motifs is 1. The standard InChI is InChI=1S/C21H16F2N2O5/c1-12-10-16(15-4-2-3-5-17(15)24-12)20(28)29-11-18(26)25-19(27)13-6-8-14(9-7-13)30-21(22)23/h2-10,21H,11H2,1H3,(H,25,26,27). The fourth-order valence-electron chi connectivity index (χ4n) is 2.71. The molecule has 1 heterocycles. The number of para-hydroxylation sites is 1. The van der Waals surface area contributed by atoms with Gasteiger partial charge in [0.2, 0.25) is 0 Å². The van der Waals surface area contributed by atoms with Crippen LogP contribution in [-0.2, 0) is 9.53 Å². The second-order valence-electron chi connectivity index (χ2n) is 6.18. The molecule has 0 bridgehead atoms. The number of aromatic nitrogens is 1. The molecule has 0 aliphatic rings. The first-order valence-corrected chi connectivity index (χ1v) is 8.76. The summed E-state index contributed by atoms with van der Waals surface area (Å²) in [6.07, 6.45) is 0. The molecule has 0 unspecified atom stereocenters. The summed E-state index contributed by atoms with van der Waals surface area (Å²) >= 11 is 0. The number of ether oxygens (including phenoxy) is 2. The van der Waals surface area contributed by atoms with Crippen LogP contribution in [0, 0.1) is 6.92 Å². The highest BCUT2D eigenvalue weighted by molar-refractivity contribution is 6.07. The molecule has 2 amide bonds. The van der Waals surface area contributed by atoms with Gasteiger partial charge in [0, 0.05) is 16.6 Å². The van der Waals surface area contributed by atoms with E-state index in [9.17, 15) is 23.2 Å². The minimum Gasteiger partial charge on any atom is -0.452 e. The number of hydrogen-bond acceptors (Lipinski definition) is 6. The van der Waals surface area contributed by atoms with E-state index in [-0.39, 0.29) is 16.9 Å². The summed E-state index contributed by atoms with van der Waals surface area (Å²) < 4.78 is 33.5. The van der Waals surface area contributed by atoms with E-state index in [4.69, 9.17) is 4.74 Å². The summed E-state index contributed by atoms with van der Waals surface area (Å²) in [5, 5.41) is 2.63. The van der Waals surface area contributed by atoms with Gasteiger partial charge in [-0.1, -0.05) is 18.2 Å². The van der Waals surface area contributed by atoms with Crippen LogP contribution in [0.1, 0.15) is 26.4 Å². The first-order chi connectivity index (χ1) is 14.3. The van der Waals surface area contributed by atoms with Gasteiger partial charge in [0.05, 0.1) is 11.1 Å². The fourth-order valence-corrected chi connectivity index (χ4v) is 2.71. The average Bonchev–Trinajstić information content (AvgIpc) is 2.71. The molecule has 7 nitrogen and oxygen atoms in total. The van der Waals surface area contributed by atoms with Gasteiger partial charge in [0.1, 0.15) is 5.75 Å². The lowest BCUT2D eigenvalue weighted by atomic mass is 10.1. The molecule has 154 valence electrons. The van der Waals surface area contributed by atoms with Gasteiger partial charge in [-0.25, -0.2) is 4.79 Å². The van der Waals surface area contributed by atoms with Crippen molar-refractivity contribution in [1.29, 1.82) is 0 Å². The number of imide groups is 1. The molecule has 9 heteroatoms. The van der Waals surface area contributed by atoms with Crippen molar-refractivity contribution in [3.8, 4) is 5.75 Å². The van der Waals surface area contributed by atoms with E-state index < -0.39 is 31.0 Å². The number of nitrogens with zero attached hydrogens (tertiary/aromatic N) is 1. The maximum atomic E-state index is 12.4. The van der Waals surface area contributed by atoms with Crippen molar-refractivity contribution in [2.24, 2.45) is 0 Å². The highest BCUT2D eigenvalue weighted by atomic mass is 19.3. The lowest BCUT2D eigenvalue weighted by Crippen LogP contribution is -2.34. The molecule has 3 aromatic rings. The van der Waals surface area contributed by atoms with Crippen LogP contribution in [0.2, 0.25) is 0 Å². The molecule has 0 aliphatic carbocycles. The predicted octanol–water partition coefficient (Wildman–Crippen LogP) is 3.26. The van der Waals surface area contributed by atoms with Gasteiger partial charge >= 0.3 is 12.6 Å². The van der Waals surface area contributed by atoms with Crippen LogP contribution in [0.5, 0.6) is 5.75 Å². The predicted molar refractivity (Wildman–Crippen MR) is 102 cm³/mol. The Labute approximate surface area is 169 Å². The third-order valence-electron chi connectivity index (χ3n) is 3.99. The Balaban J connectivity index is 1.59. The quantitative estimate of drug-likeness (QED) is 0.623. The summed E-state index contributed by atoms with van der Waals surface area (Å²) in [6, 6.07) is 13.3. The average molecular weight is 414 g/mol. The topological polar surface area (TPSA) is 94.6 Å². The zero-order valence-electron chi connectivity index (χ0n) is 15.7. The molecule has 0 saturated heterocycles. The smallest absolute Gasteiger partial charge is 0.387 e. The SMILES string of the molecule is Cc1cc(C(=O)OCC(=O)NC(=O)c2ccc(OC(F)F)cc2)c2ccccc2n1. The van der Waals surface area contributed by atoms with E-state index >= 15 is 0 Å². The molecule has 0 spiro atoms. The van der Waals surface area contributed by atoms with Crippen LogP contribution in [0.4, 0.5) is 8.78 Å². The summed E-state index contributed by atoms with van der Waals surface area (Å²) in [5.41, 5.74) is 1.53. The van der Waals surface area contributed by atoms with Gasteiger partial charge in [0.15, 0.2) is 6.61 Å². The van der Waals surface area contributed by atoms with E-state index in [0.29, 0.717) is 16.6 Å². The molecule has 0 atom stereocenters. The number of carbonyl (C=O) groups excluding carboxylic acids is 3. The molecule has 0 saturated carbocycles. The van der Waals surface area contributed by atoms with Gasteiger partial charge in [0.25, 0.3) is 11.8 Å². The van der Waals surface area contributed by atoms with Crippen LogP contribution >= 0.6 is 0 Å². The van der Waals surface area contributed by atoms with Gasteiger partial charge in [-0.15, -0.1) is 0 Å². The Morgan fingerprint density at radius 2 is 1.77 bits per heavy atom. The number of halogens is 2. The Hall–Kier alpha value is -3.88. The second kappa shape index (κ2) is 9.08. The minimum absolute atomic E-state index is 0.0482. The maximum Gasteiger partial charge on any atom is 0.387 e. The van der Waals surface area contributed by atoms with E-state index in [0.717, 1.165) is 0 Å². The molecular formula is C21H16F2N2O5. The summed E-state index contributed by atoms with van der Waals surface area (Å²) in [7, 11) is 0. The summed E-state index contributed by atoms with van der Waals surface area (Å²) in [6.45, 7) is -1.93. The summed E-state index contributed by atoms with van der Waals surface area (Å²) in [5.74, 6) is -2.46. The molecule has 0 aliphatic heterocycles. The number of hydrogen-bond donors (Lipinski definition) is 1. The van der Waals surface area contributed by atoms with E-state index in [1.165, 1.54) is 24.3 Å². The highest BCUT2D eigenvalue weighted by Gasteiger charge is 2.17. The van der Waals surface area contributed by atoms with Crippen molar-refractivity contribution in [2.45, 2.75) is 13.5 Å². The van der Waals surface area contributed by atoms with Gasteiger partial charge in [-0.05, 0) is 43.3 Å². The van der Waals surface area contributed by atoms with Gasteiger partial charge < -0.3 is 9.47 Å². The Kier molecular flexibility index (Phi) is 6.31. The number of aryl methyl sites for hydroxylation is 1. The molecule has 1 N–H and O–H groups in total. The molecule has 3 rings (SSSR count). The maximum absolute atomic E-state index is 12.4. The Morgan fingerprint density at radius 1 is 1.07 bits per heavy atom.